The average molecular weight is 351 g/mol. The third-order valence-corrected chi connectivity index (χ3v) is 4.08. The van der Waals surface area contributed by atoms with Gasteiger partial charge in [0.2, 0.25) is 10.0 Å². The lowest BCUT2D eigenvalue weighted by atomic mass is 10.0. The van der Waals surface area contributed by atoms with Gasteiger partial charge >= 0.3 is 0 Å². The number of aliphatic hydroxyl groups excluding tert-OH is 2. The largest absolute Gasteiger partial charge is 0.489 e. The highest BCUT2D eigenvalue weighted by Crippen LogP contribution is 2.21. The first-order valence-corrected chi connectivity index (χ1v) is 9.32. The van der Waals surface area contributed by atoms with Gasteiger partial charge in [0.15, 0.2) is 0 Å². The zero-order valence-electron chi connectivity index (χ0n) is 13.3. The van der Waals surface area contributed by atoms with E-state index < -0.39 is 22.2 Å². The molecule has 6 nitrogen and oxygen atoms in total. The van der Waals surface area contributed by atoms with Gasteiger partial charge in [-0.05, 0) is 23.3 Å². The highest BCUT2D eigenvalue weighted by Gasteiger charge is 2.19. The fourth-order valence-electron chi connectivity index (χ4n) is 2.07. The second kappa shape index (κ2) is 8.25. The van der Waals surface area contributed by atoms with Crippen molar-refractivity contribution in [2.24, 2.45) is 0 Å². The summed E-state index contributed by atoms with van der Waals surface area (Å²) in [5.41, 5.74) is 1.52. The fourth-order valence-corrected chi connectivity index (χ4v) is 2.55. The molecule has 7 heteroatoms. The van der Waals surface area contributed by atoms with E-state index in [-0.39, 0.29) is 6.54 Å². The number of benzene rings is 2. The summed E-state index contributed by atoms with van der Waals surface area (Å²) < 4.78 is 29.8. The van der Waals surface area contributed by atoms with Crippen LogP contribution in [0.4, 0.5) is 0 Å². The van der Waals surface area contributed by atoms with Crippen LogP contribution >= 0.6 is 0 Å². The summed E-state index contributed by atoms with van der Waals surface area (Å²) in [5, 5.41) is 19.9. The molecule has 0 aliphatic heterocycles. The Morgan fingerprint density at radius 1 is 1.04 bits per heavy atom. The van der Waals surface area contributed by atoms with Crippen LogP contribution in [0.25, 0.3) is 0 Å². The molecule has 2 rings (SSSR count). The normalized spacial score (nSPS) is 14.1. The lowest BCUT2D eigenvalue weighted by Gasteiger charge is -2.18. The van der Waals surface area contributed by atoms with Crippen molar-refractivity contribution < 1.29 is 23.4 Å². The van der Waals surface area contributed by atoms with Gasteiger partial charge in [0.05, 0.1) is 12.4 Å². The lowest BCUT2D eigenvalue weighted by molar-refractivity contribution is 0.0222. The Hall–Kier alpha value is -1.93. The average Bonchev–Trinajstić information content (AvgIpc) is 2.58. The molecular weight excluding hydrogens is 330 g/mol. The maximum Gasteiger partial charge on any atom is 0.208 e. The molecule has 2 aromatic rings. The number of aliphatic hydroxyl groups is 2. The molecule has 0 saturated heterocycles. The highest BCUT2D eigenvalue weighted by molar-refractivity contribution is 7.88. The number of ether oxygens (including phenoxy) is 1. The summed E-state index contributed by atoms with van der Waals surface area (Å²) in [6.07, 6.45) is -1.44. The van der Waals surface area contributed by atoms with Crippen LogP contribution in [0.3, 0.4) is 0 Å². The van der Waals surface area contributed by atoms with Crippen molar-refractivity contribution in [3.63, 3.8) is 0 Å². The van der Waals surface area contributed by atoms with E-state index in [1.165, 1.54) is 0 Å². The molecular formula is C17H21NO5S. The lowest BCUT2D eigenvalue weighted by Crippen LogP contribution is -2.34. The standard InChI is InChI=1S/C17H21NO5S/c1-24(21,22)18-11-16(19)17(20)14-7-9-15(10-8-14)23-12-13-5-3-2-4-6-13/h2-10,16-20H,11-12H2,1H3. The van der Waals surface area contributed by atoms with Crippen molar-refractivity contribution in [1.82, 2.24) is 4.72 Å². The molecule has 2 atom stereocenters. The summed E-state index contributed by atoms with van der Waals surface area (Å²) >= 11 is 0. The topological polar surface area (TPSA) is 95.9 Å². The van der Waals surface area contributed by atoms with E-state index in [1.807, 2.05) is 30.3 Å². The fraction of sp³-hybridized carbons (Fsp3) is 0.294. The summed E-state index contributed by atoms with van der Waals surface area (Å²) in [5.74, 6) is 0.638. The van der Waals surface area contributed by atoms with Gasteiger partial charge < -0.3 is 14.9 Å². The maximum atomic E-state index is 11.0. The van der Waals surface area contributed by atoms with Crippen LogP contribution in [0, 0.1) is 0 Å². The number of sulfonamides is 1. The van der Waals surface area contributed by atoms with E-state index in [0.717, 1.165) is 11.8 Å². The molecule has 24 heavy (non-hydrogen) atoms. The van der Waals surface area contributed by atoms with E-state index in [1.54, 1.807) is 24.3 Å². The van der Waals surface area contributed by atoms with Crippen LogP contribution in [0.2, 0.25) is 0 Å². The van der Waals surface area contributed by atoms with E-state index in [4.69, 9.17) is 4.74 Å². The Kier molecular flexibility index (Phi) is 6.33. The van der Waals surface area contributed by atoms with Gasteiger partial charge in [0.1, 0.15) is 18.5 Å². The van der Waals surface area contributed by atoms with Crippen LogP contribution in [-0.4, -0.2) is 37.5 Å². The second-order valence-corrected chi connectivity index (χ2v) is 7.31. The Balaban J connectivity index is 1.90. The summed E-state index contributed by atoms with van der Waals surface area (Å²) in [6, 6.07) is 16.4. The van der Waals surface area contributed by atoms with Gasteiger partial charge in [-0.1, -0.05) is 42.5 Å². The molecule has 0 bridgehead atoms. The Bertz CT molecular complexity index is 731. The molecule has 0 aliphatic rings. The van der Waals surface area contributed by atoms with Crippen LogP contribution in [-0.2, 0) is 16.6 Å². The molecule has 2 aromatic carbocycles. The van der Waals surface area contributed by atoms with Crippen LogP contribution < -0.4 is 9.46 Å². The second-order valence-electron chi connectivity index (χ2n) is 5.48. The maximum absolute atomic E-state index is 11.0. The van der Waals surface area contributed by atoms with E-state index in [0.29, 0.717) is 17.9 Å². The van der Waals surface area contributed by atoms with Crippen molar-refractivity contribution in [3.8, 4) is 5.75 Å². The minimum atomic E-state index is -3.42. The first kappa shape index (κ1) is 18.4. The molecule has 0 fully saturated rings. The predicted molar refractivity (Wildman–Crippen MR) is 91.0 cm³/mol. The zero-order chi connectivity index (χ0) is 17.6. The molecule has 0 saturated carbocycles. The Labute approximate surface area is 141 Å². The molecule has 0 amide bonds. The third-order valence-electron chi connectivity index (χ3n) is 3.39. The van der Waals surface area contributed by atoms with Gasteiger partial charge in [-0.15, -0.1) is 0 Å². The van der Waals surface area contributed by atoms with E-state index in [9.17, 15) is 18.6 Å². The van der Waals surface area contributed by atoms with Gasteiger partial charge in [-0.2, -0.15) is 0 Å². The molecule has 0 aromatic heterocycles. The van der Waals surface area contributed by atoms with Gasteiger partial charge in [0, 0.05) is 6.54 Å². The monoisotopic (exact) mass is 351 g/mol. The van der Waals surface area contributed by atoms with Crippen LogP contribution in [0.1, 0.15) is 17.2 Å². The van der Waals surface area contributed by atoms with Crippen molar-refractivity contribution in [2.45, 2.75) is 18.8 Å². The minimum absolute atomic E-state index is 0.258. The van der Waals surface area contributed by atoms with Crippen molar-refractivity contribution in [3.05, 3.63) is 65.7 Å². The van der Waals surface area contributed by atoms with Gasteiger partial charge in [0.25, 0.3) is 0 Å². The Morgan fingerprint density at radius 3 is 2.25 bits per heavy atom. The SMILES string of the molecule is CS(=O)(=O)NCC(O)C(O)c1ccc(OCc2ccccc2)cc1. The Morgan fingerprint density at radius 2 is 1.67 bits per heavy atom. The summed E-state index contributed by atoms with van der Waals surface area (Å²) in [7, 11) is -3.42. The molecule has 2 unspecified atom stereocenters. The predicted octanol–water partition coefficient (Wildman–Crippen LogP) is 1.21. The number of rotatable bonds is 8. The summed E-state index contributed by atoms with van der Waals surface area (Å²) in [6.45, 7) is 0.176. The number of nitrogens with one attached hydrogen (secondary N) is 1. The number of hydrogen-bond donors (Lipinski definition) is 3. The van der Waals surface area contributed by atoms with Gasteiger partial charge in [-0.3, -0.25) is 0 Å². The first-order chi connectivity index (χ1) is 11.3. The van der Waals surface area contributed by atoms with Crippen molar-refractivity contribution in [2.75, 3.05) is 12.8 Å². The van der Waals surface area contributed by atoms with E-state index >= 15 is 0 Å². The van der Waals surface area contributed by atoms with Crippen LogP contribution in [0.15, 0.2) is 54.6 Å². The molecule has 130 valence electrons. The van der Waals surface area contributed by atoms with Crippen LogP contribution in [0.5, 0.6) is 5.75 Å². The zero-order valence-corrected chi connectivity index (χ0v) is 14.1. The quantitative estimate of drug-likeness (QED) is 0.664. The number of hydrogen-bond acceptors (Lipinski definition) is 5. The van der Waals surface area contributed by atoms with Crippen molar-refractivity contribution in [1.29, 1.82) is 0 Å². The van der Waals surface area contributed by atoms with Crippen molar-refractivity contribution >= 4 is 10.0 Å². The summed E-state index contributed by atoms with van der Waals surface area (Å²) in [4.78, 5) is 0. The van der Waals surface area contributed by atoms with E-state index in [2.05, 4.69) is 4.72 Å². The molecule has 0 radical (unpaired) electrons. The molecule has 3 N–H and O–H groups in total. The third kappa shape index (κ3) is 5.93. The minimum Gasteiger partial charge on any atom is -0.489 e. The smallest absolute Gasteiger partial charge is 0.208 e. The van der Waals surface area contributed by atoms with Gasteiger partial charge in [-0.25, -0.2) is 13.1 Å². The molecule has 0 aliphatic carbocycles. The molecule has 0 heterocycles. The molecule has 0 spiro atoms. The highest BCUT2D eigenvalue weighted by atomic mass is 32.2. The first-order valence-electron chi connectivity index (χ1n) is 7.42.